The Morgan fingerprint density at radius 2 is 1.69 bits per heavy atom. The van der Waals surface area contributed by atoms with Gasteiger partial charge in [0.25, 0.3) is 0 Å². The molecule has 4 aromatic rings. The second-order valence-electron chi connectivity index (χ2n) is 7.70. The highest BCUT2D eigenvalue weighted by Crippen LogP contribution is 2.33. The maximum Gasteiger partial charge on any atom is 0.363 e. The summed E-state index contributed by atoms with van der Waals surface area (Å²) in [7, 11) is 0. The number of fused-ring (bicyclic) bond motifs is 1. The van der Waals surface area contributed by atoms with E-state index in [1.807, 2.05) is 73.7 Å². The number of aromatic nitrogens is 1. The molecule has 4 nitrogen and oxygen atoms in total. The van der Waals surface area contributed by atoms with Crippen molar-refractivity contribution in [1.29, 1.82) is 0 Å². The molecule has 5 rings (SSSR count). The monoisotopic (exact) mass is 436 g/mol. The molecule has 1 aromatic heterocycles. The third kappa shape index (κ3) is 4.20. The van der Waals surface area contributed by atoms with Crippen LogP contribution in [0.15, 0.2) is 99.5 Å². The van der Waals surface area contributed by atoms with Crippen molar-refractivity contribution in [3.05, 3.63) is 107 Å². The standard InChI is InChI=1S/C27H20N2O2S/c1-17-7-6-8-20(13-17)25-28-24(27(30)31-25)16-21-15-19-12-11-18(2)14-23(19)29-26(21)32-22-9-4-3-5-10-22/h3-16H,1-2H3/b24-16+. The third-order valence-electron chi connectivity index (χ3n) is 5.10. The fourth-order valence-electron chi connectivity index (χ4n) is 3.52. The summed E-state index contributed by atoms with van der Waals surface area (Å²) in [6, 6.07) is 26.0. The number of hydrogen-bond donors (Lipinski definition) is 0. The van der Waals surface area contributed by atoms with E-state index in [2.05, 4.69) is 24.0 Å². The van der Waals surface area contributed by atoms with Crippen LogP contribution in [0.2, 0.25) is 0 Å². The molecule has 0 bridgehead atoms. The van der Waals surface area contributed by atoms with Crippen LogP contribution in [0.25, 0.3) is 17.0 Å². The SMILES string of the molecule is Cc1cccc(C2=N/C(=C/c3cc4ccc(C)cc4nc3Sc3ccccc3)C(=O)O2)c1. The van der Waals surface area contributed by atoms with Gasteiger partial charge < -0.3 is 4.74 Å². The molecule has 0 atom stereocenters. The molecule has 1 aliphatic heterocycles. The molecule has 0 spiro atoms. The molecule has 1 aliphatic rings. The van der Waals surface area contributed by atoms with Gasteiger partial charge in [-0.15, -0.1) is 0 Å². The van der Waals surface area contributed by atoms with Gasteiger partial charge in [-0.05, 0) is 61.9 Å². The van der Waals surface area contributed by atoms with Gasteiger partial charge in [0, 0.05) is 21.4 Å². The maximum atomic E-state index is 12.6. The van der Waals surface area contributed by atoms with Gasteiger partial charge in [0.1, 0.15) is 5.03 Å². The summed E-state index contributed by atoms with van der Waals surface area (Å²) in [4.78, 5) is 23.1. The van der Waals surface area contributed by atoms with Crippen molar-refractivity contribution in [3.8, 4) is 0 Å². The first-order chi connectivity index (χ1) is 15.5. The molecule has 5 heteroatoms. The van der Waals surface area contributed by atoms with Gasteiger partial charge in [-0.1, -0.05) is 59.8 Å². The zero-order valence-electron chi connectivity index (χ0n) is 17.7. The predicted molar refractivity (Wildman–Crippen MR) is 129 cm³/mol. The summed E-state index contributed by atoms with van der Waals surface area (Å²) in [6.45, 7) is 4.05. The highest BCUT2D eigenvalue weighted by Gasteiger charge is 2.25. The normalized spacial score (nSPS) is 14.6. The first-order valence-corrected chi connectivity index (χ1v) is 11.1. The Morgan fingerprint density at radius 3 is 2.50 bits per heavy atom. The minimum Gasteiger partial charge on any atom is -0.402 e. The summed E-state index contributed by atoms with van der Waals surface area (Å²) >= 11 is 1.56. The van der Waals surface area contributed by atoms with Crippen LogP contribution in [-0.2, 0) is 9.53 Å². The summed E-state index contributed by atoms with van der Waals surface area (Å²) in [5.41, 5.74) is 5.03. The van der Waals surface area contributed by atoms with E-state index in [4.69, 9.17) is 9.72 Å². The van der Waals surface area contributed by atoms with Crippen LogP contribution >= 0.6 is 11.8 Å². The Labute approximate surface area is 190 Å². The molecule has 0 aliphatic carbocycles. The van der Waals surface area contributed by atoms with E-state index in [0.29, 0.717) is 5.90 Å². The number of benzene rings is 3. The van der Waals surface area contributed by atoms with E-state index in [9.17, 15) is 4.79 Å². The van der Waals surface area contributed by atoms with E-state index in [1.54, 1.807) is 17.8 Å². The summed E-state index contributed by atoms with van der Waals surface area (Å²) in [5, 5.41) is 1.82. The molecule has 0 saturated carbocycles. The summed E-state index contributed by atoms with van der Waals surface area (Å²) < 4.78 is 5.46. The molecule has 0 saturated heterocycles. The number of esters is 1. The van der Waals surface area contributed by atoms with Crippen molar-refractivity contribution in [2.24, 2.45) is 4.99 Å². The van der Waals surface area contributed by atoms with Crippen molar-refractivity contribution >= 4 is 40.6 Å². The number of pyridine rings is 1. The second kappa shape index (κ2) is 8.44. The molecule has 32 heavy (non-hydrogen) atoms. The maximum absolute atomic E-state index is 12.6. The van der Waals surface area contributed by atoms with Crippen LogP contribution < -0.4 is 0 Å². The molecule has 0 N–H and O–H groups in total. The first kappa shape index (κ1) is 20.2. The minimum absolute atomic E-state index is 0.268. The fraction of sp³-hybridized carbons (Fsp3) is 0.0741. The van der Waals surface area contributed by atoms with E-state index < -0.39 is 5.97 Å². The fourth-order valence-corrected chi connectivity index (χ4v) is 4.42. The van der Waals surface area contributed by atoms with Crippen LogP contribution in [0.3, 0.4) is 0 Å². The number of carbonyl (C=O) groups excluding carboxylic acids is 1. The Hall–Kier alpha value is -3.70. The summed E-state index contributed by atoms with van der Waals surface area (Å²) in [6.07, 6.45) is 1.77. The number of ether oxygens (including phenoxy) is 1. The number of hydrogen-bond acceptors (Lipinski definition) is 5. The van der Waals surface area contributed by atoms with Crippen molar-refractivity contribution in [2.45, 2.75) is 23.8 Å². The van der Waals surface area contributed by atoms with Crippen molar-refractivity contribution < 1.29 is 9.53 Å². The molecule has 156 valence electrons. The lowest BCUT2D eigenvalue weighted by atomic mass is 10.1. The minimum atomic E-state index is -0.457. The van der Waals surface area contributed by atoms with Gasteiger partial charge >= 0.3 is 5.97 Å². The average molecular weight is 437 g/mol. The largest absolute Gasteiger partial charge is 0.402 e. The predicted octanol–water partition coefficient (Wildman–Crippen LogP) is 6.35. The Balaban J connectivity index is 1.60. The molecule has 0 unspecified atom stereocenters. The van der Waals surface area contributed by atoms with Gasteiger partial charge in [0.05, 0.1) is 5.52 Å². The van der Waals surface area contributed by atoms with E-state index in [0.717, 1.165) is 43.1 Å². The highest BCUT2D eigenvalue weighted by molar-refractivity contribution is 7.99. The zero-order valence-corrected chi connectivity index (χ0v) is 18.5. The average Bonchev–Trinajstić information content (AvgIpc) is 3.15. The molecular weight excluding hydrogens is 416 g/mol. The van der Waals surface area contributed by atoms with Gasteiger partial charge in [-0.2, -0.15) is 0 Å². The zero-order chi connectivity index (χ0) is 22.1. The summed E-state index contributed by atoms with van der Waals surface area (Å²) in [5.74, 6) is -0.132. The lowest BCUT2D eigenvalue weighted by Gasteiger charge is -2.08. The van der Waals surface area contributed by atoms with Gasteiger partial charge in [-0.3, -0.25) is 0 Å². The lowest BCUT2D eigenvalue weighted by molar-refractivity contribution is -0.129. The van der Waals surface area contributed by atoms with Gasteiger partial charge in [0.15, 0.2) is 5.70 Å². The number of aliphatic imine (C=N–C) groups is 1. The Morgan fingerprint density at radius 1 is 0.875 bits per heavy atom. The first-order valence-electron chi connectivity index (χ1n) is 10.3. The molecule has 3 aromatic carbocycles. The smallest absolute Gasteiger partial charge is 0.363 e. The number of aryl methyl sites for hydroxylation is 2. The van der Waals surface area contributed by atoms with Gasteiger partial charge in [0.2, 0.25) is 5.90 Å². The third-order valence-corrected chi connectivity index (χ3v) is 6.13. The van der Waals surface area contributed by atoms with Crippen LogP contribution in [0.1, 0.15) is 22.3 Å². The molecule has 0 radical (unpaired) electrons. The van der Waals surface area contributed by atoms with E-state index >= 15 is 0 Å². The second-order valence-corrected chi connectivity index (χ2v) is 8.76. The number of nitrogens with zero attached hydrogens (tertiary/aromatic N) is 2. The van der Waals surface area contributed by atoms with Crippen LogP contribution in [0.4, 0.5) is 0 Å². The van der Waals surface area contributed by atoms with E-state index in [-0.39, 0.29) is 5.70 Å². The molecule has 0 fully saturated rings. The van der Waals surface area contributed by atoms with Crippen molar-refractivity contribution in [2.75, 3.05) is 0 Å². The Kier molecular flexibility index (Phi) is 5.33. The Bertz CT molecular complexity index is 1410. The molecule has 2 heterocycles. The lowest BCUT2D eigenvalue weighted by Crippen LogP contribution is -2.05. The molecule has 0 amide bonds. The van der Waals surface area contributed by atoms with Gasteiger partial charge in [-0.25, -0.2) is 14.8 Å². The number of rotatable bonds is 4. The van der Waals surface area contributed by atoms with E-state index in [1.165, 1.54) is 0 Å². The topological polar surface area (TPSA) is 51.5 Å². The van der Waals surface area contributed by atoms with Crippen LogP contribution in [0, 0.1) is 13.8 Å². The van der Waals surface area contributed by atoms with Crippen molar-refractivity contribution in [1.82, 2.24) is 4.98 Å². The number of cyclic esters (lactones) is 1. The molecular formula is C27H20N2O2S. The van der Waals surface area contributed by atoms with Crippen LogP contribution in [0.5, 0.6) is 0 Å². The quantitative estimate of drug-likeness (QED) is 0.276. The van der Waals surface area contributed by atoms with Crippen molar-refractivity contribution in [3.63, 3.8) is 0 Å². The van der Waals surface area contributed by atoms with Crippen LogP contribution in [-0.4, -0.2) is 16.9 Å². The highest BCUT2D eigenvalue weighted by atomic mass is 32.2. The number of carbonyl (C=O) groups is 1.